The van der Waals surface area contributed by atoms with Gasteiger partial charge in [-0.25, -0.2) is 19.3 Å². The molecule has 0 amide bonds. The molecule has 3 nitrogen and oxygen atoms in total. The average molecular weight is 564 g/mol. The van der Waals surface area contributed by atoms with Crippen LogP contribution >= 0.6 is 0 Å². The number of rotatable bonds is 4. The SMILES string of the molecule is CC1(C)CCC(C)(C)c2cc(-c3ccc(-c4nc(-c5ccccc5)nc(-c5ccc(F)cc5)n4)c4ccccc34)ccc21. The van der Waals surface area contributed by atoms with E-state index in [1.807, 2.05) is 30.3 Å². The van der Waals surface area contributed by atoms with Crippen molar-refractivity contribution < 1.29 is 4.39 Å². The lowest BCUT2D eigenvalue weighted by Crippen LogP contribution is -2.33. The molecule has 7 rings (SSSR count). The van der Waals surface area contributed by atoms with Crippen LogP contribution in [0.25, 0.3) is 56.1 Å². The number of halogens is 1. The number of nitrogens with zero attached hydrogens (tertiary/aromatic N) is 3. The summed E-state index contributed by atoms with van der Waals surface area (Å²) < 4.78 is 13.8. The molecule has 1 heterocycles. The first-order valence-corrected chi connectivity index (χ1v) is 14.9. The van der Waals surface area contributed by atoms with Crippen molar-refractivity contribution in [2.45, 2.75) is 51.4 Å². The van der Waals surface area contributed by atoms with Gasteiger partial charge >= 0.3 is 0 Å². The standard InChI is InChI=1S/C39H34FN3/c1-38(2)22-23-39(3,4)34-24-27(16-21-33(34)38)29-19-20-32(31-13-9-8-12-30(29)31)37-42-35(25-10-6-5-7-11-25)41-36(43-37)26-14-17-28(40)18-15-26/h5-21,24H,22-23H2,1-4H3. The van der Waals surface area contributed by atoms with Crippen LogP contribution in [0.4, 0.5) is 4.39 Å². The number of fused-ring (bicyclic) bond motifs is 2. The third kappa shape index (κ3) is 4.91. The normalized spacial score (nSPS) is 15.3. The summed E-state index contributed by atoms with van der Waals surface area (Å²) in [5, 5.41) is 2.23. The van der Waals surface area contributed by atoms with E-state index in [0.717, 1.165) is 27.5 Å². The zero-order valence-electron chi connectivity index (χ0n) is 25.0. The van der Waals surface area contributed by atoms with E-state index in [1.54, 1.807) is 12.1 Å². The van der Waals surface area contributed by atoms with Crippen LogP contribution in [0.15, 0.2) is 109 Å². The lowest BCUT2D eigenvalue weighted by molar-refractivity contribution is 0.332. The Balaban J connectivity index is 1.41. The van der Waals surface area contributed by atoms with Crippen LogP contribution in [-0.2, 0) is 10.8 Å². The predicted octanol–water partition coefficient (Wildman–Crippen LogP) is 10.2. The van der Waals surface area contributed by atoms with Gasteiger partial charge in [0.15, 0.2) is 17.5 Å². The highest BCUT2D eigenvalue weighted by Gasteiger charge is 2.37. The van der Waals surface area contributed by atoms with Gasteiger partial charge in [-0.15, -0.1) is 0 Å². The fourth-order valence-electron chi connectivity index (χ4n) is 6.44. The van der Waals surface area contributed by atoms with Gasteiger partial charge in [0, 0.05) is 16.7 Å². The molecule has 0 atom stereocenters. The summed E-state index contributed by atoms with van der Waals surface area (Å²) in [6, 6.07) is 36.1. The van der Waals surface area contributed by atoms with E-state index in [1.165, 1.54) is 47.2 Å². The van der Waals surface area contributed by atoms with Crippen molar-refractivity contribution in [3.05, 3.63) is 126 Å². The van der Waals surface area contributed by atoms with Gasteiger partial charge < -0.3 is 0 Å². The van der Waals surface area contributed by atoms with Gasteiger partial charge in [0.2, 0.25) is 0 Å². The number of aromatic nitrogens is 3. The highest BCUT2D eigenvalue weighted by atomic mass is 19.1. The van der Waals surface area contributed by atoms with E-state index in [4.69, 9.17) is 15.0 Å². The zero-order chi connectivity index (χ0) is 29.8. The van der Waals surface area contributed by atoms with Gasteiger partial charge in [-0.1, -0.05) is 107 Å². The Bertz CT molecular complexity index is 1980. The van der Waals surface area contributed by atoms with Gasteiger partial charge in [-0.05, 0) is 87.0 Å². The minimum Gasteiger partial charge on any atom is -0.208 e. The monoisotopic (exact) mass is 563 g/mol. The molecular formula is C39H34FN3. The fourth-order valence-corrected chi connectivity index (χ4v) is 6.44. The molecule has 0 aliphatic heterocycles. The van der Waals surface area contributed by atoms with Crippen molar-refractivity contribution in [3.63, 3.8) is 0 Å². The Morgan fingerprint density at radius 1 is 0.488 bits per heavy atom. The topological polar surface area (TPSA) is 38.7 Å². The molecule has 1 aromatic heterocycles. The second-order valence-corrected chi connectivity index (χ2v) is 12.9. The molecule has 1 aliphatic rings. The van der Waals surface area contributed by atoms with Crippen molar-refractivity contribution in [2.75, 3.05) is 0 Å². The first-order chi connectivity index (χ1) is 20.7. The average Bonchev–Trinajstić information content (AvgIpc) is 3.03. The first kappa shape index (κ1) is 27.2. The summed E-state index contributed by atoms with van der Waals surface area (Å²) in [7, 11) is 0. The van der Waals surface area contributed by atoms with Crippen molar-refractivity contribution in [3.8, 4) is 45.3 Å². The van der Waals surface area contributed by atoms with Crippen LogP contribution in [0.3, 0.4) is 0 Å². The molecule has 0 saturated heterocycles. The van der Waals surface area contributed by atoms with Crippen molar-refractivity contribution >= 4 is 10.8 Å². The molecule has 1 aliphatic carbocycles. The summed E-state index contributed by atoms with van der Waals surface area (Å²) >= 11 is 0. The minimum absolute atomic E-state index is 0.131. The molecule has 0 N–H and O–H groups in total. The largest absolute Gasteiger partial charge is 0.208 e. The van der Waals surface area contributed by atoms with Gasteiger partial charge in [0.05, 0.1) is 0 Å². The second kappa shape index (κ2) is 10.2. The summed E-state index contributed by atoms with van der Waals surface area (Å²) in [4.78, 5) is 14.7. The Kier molecular flexibility index (Phi) is 6.46. The molecular weight excluding hydrogens is 529 g/mol. The maximum Gasteiger partial charge on any atom is 0.164 e. The molecule has 6 aromatic rings. The maximum absolute atomic E-state index is 13.8. The highest BCUT2D eigenvalue weighted by molar-refractivity contribution is 6.04. The Labute approximate surface area is 252 Å². The molecule has 0 fully saturated rings. The smallest absolute Gasteiger partial charge is 0.164 e. The van der Waals surface area contributed by atoms with Crippen molar-refractivity contribution in [2.24, 2.45) is 0 Å². The summed E-state index contributed by atoms with van der Waals surface area (Å²) in [5.41, 5.74) is 8.19. The van der Waals surface area contributed by atoms with Crippen LogP contribution in [-0.4, -0.2) is 15.0 Å². The van der Waals surface area contributed by atoms with Gasteiger partial charge in [-0.2, -0.15) is 0 Å². The highest BCUT2D eigenvalue weighted by Crippen LogP contribution is 2.47. The van der Waals surface area contributed by atoms with Gasteiger partial charge in [0.25, 0.3) is 0 Å². The molecule has 0 spiro atoms. The first-order valence-electron chi connectivity index (χ1n) is 14.9. The van der Waals surface area contributed by atoms with Crippen LogP contribution < -0.4 is 0 Å². The predicted molar refractivity (Wildman–Crippen MR) is 174 cm³/mol. The summed E-state index contributed by atoms with van der Waals surface area (Å²) in [6.45, 7) is 9.47. The summed E-state index contributed by atoms with van der Waals surface area (Å²) in [5.74, 6) is 1.38. The molecule has 0 unspecified atom stereocenters. The third-order valence-corrected chi connectivity index (χ3v) is 9.10. The maximum atomic E-state index is 13.8. The fraction of sp³-hybridized carbons (Fsp3) is 0.205. The Morgan fingerprint density at radius 3 is 1.67 bits per heavy atom. The Morgan fingerprint density at radius 2 is 1.00 bits per heavy atom. The van der Waals surface area contributed by atoms with E-state index >= 15 is 0 Å². The molecule has 212 valence electrons. The van der Waals surface area contributed by atoms with E-state index in [2.05, 4.69) is 82.3 Å². The number of benzene rings is 5. The lowest BCUT2D eigenvalue weighted by Gasteiger charge is -2.42. The molecule has 0 bridgehead atoms. The van der Waals surface area contributed by atoms with E-state index < -0.39 is 0 Å². The zero-order valence-corrected chi connectivity index (χ0v) is 25.0. The second-order valence-electron chi connectivity index (χ2n) is 12.9. The van der Waals surface area contributed by atoms with Gasteiger partial charge in [-0.3, -0.25) is 0 Å². The van der Waals surface area contributed by atoms with E-state index in [9.17, 15) is 4.39 Å². The number of hydrogen-bond donors (Lipinski definition) is 0. The Hall–Kier alpha value is -4.70. The molecule has 4 heteroatoms. The molecule has 43 heavy (non-hydrogen) atoms. The van der Waals surface area contributed by atoms with Crippen molar-refractivity contribution in [1.29, 1.82) is 0 Å². The van der Waals surface area contributed by atoms with Crippen LogP contribution in [0.5, 0.6) is 0 Å². The van der Waals surface area contributed by atoms with E-state index in [-0.39, 0.29) is 16.6 Å². The number of hydrogen-bond acceptors (Lipinski definition) is 3. The quantitative estimate of drug-likeness (QED) is 0.214. The molecule has 5 aromatic carbocycles. The minimum atomic E-state index is -0.294. The van der Waals surface area contributed by atoms with Gasteiger partial charge in [0.1, 0.15) is 5.82 Å². The van der Waals surface area contributed by atoms with Crippen molar-refractivity contribution in [1.82, 2.24) is 15.0 Å². The van der Waals surface area contributed by atoms with E-state index in [0.29, 0.717) is 17.5 Å². The lowest BCUT2D eigenvalue weighted by atomic mass is 9.63. The van der Waals surface area contributed by atoms with Crippen LogP contribution in [0, 0.1) is 5.82 Å². The van der Waals surface area contributed by atoms with Crippen LogP contribution in [0.1, 0.15) is 51.7 Å². The third-order valence-electron chi connectivity index (χ3n) is 9.10. The summed E-state index contributed by atoms with van der Waals surface area (Å²) in [6.07, 6.45) is 2.37. The molecule has 0 radical (unpaired) electrons. The molecule has 0 saturated carbocycles. The van der Waals surface area contributed by atoms with Crippen LogP contribution in [0.2, 0.25) is 0 Å².